The van der Waals surface area contributed by atoms with Gasteiger partial charge in [0.2, 0.25) is 5.89 Å². The number of nitrogens with one attached hydrogen (secondary N) is 1. The van der Waals surface area contributed by atoms with Gasteiger partial charge in [0.1, 0.15) is 11.3 Å². The van der Waals surface area contributed by atoms with Gasteiger partial charge in [-0.3, -0.25) is 4.79 Å². The van der Waals surface area contributed by atoms with Crippen LogP contribution in [0.5, 0.6) is 5.75 Å². The molecule has 0 fully saturated rings. The number of fused-ring (bicyclic) bond motifs is 2. The number of aromatic nitrogens is 1. The maximum Gasteiger partial charge on any atom is 0.259 e. The summed E-state index contributed by atoms with van der Waals surface area (Å²) in [6.07, 6.45) is 0. The second-order valence-electron chi connectivity index (χ2n) is 7.87. The third-order valence-electron chi connectivity index (χ3n) is 5.58. The predicted molar refractivity (Wildman–Crippen MR) is 127 cm³/mol. The summed E-state index contributed by atoms with van der Waals surface area (Å²) >= 11 is 0. The highest BCUT2D eigenvalue weighted by Crippen LogP contribution is 2.30. The average molecular weight is 422 g/mol. The number of methoxy groups -OCH3 is 1. The Kier molecular flexibility index (Phi) is 4.86. The molecule has 0 bridgehead atoms. The quantitative estimate of drug-likeness (QED) is 0.358. The fourth-order valence-corrected chi connectivity index (χ4v) is 3.85. The highest BCUT2D eigenvalue weighted by molar-refractivity contribution is 6.09. The predicted octanol–water partition coefficient (Wildman–Crippen LogP) is 6.53. The molecule has 1 amide bonds. The lowest BCUT2D eigenvalue weighted by Gasteiger charge is -2.13. The van der Waals surface area contributed by atoms with E-state index in [0.717, 1.165) is 44.2 Å². The minimum Gasteiger partial charge on any atom is -0.496 e. The maximum atomic E-state index is 13.1. The van der Waals surface area contributed by atoms with Crippen LogP contribution in [0.1, 0.15) is 21.5 Å². The lowest BCUT2D eigenvalue weighted by atomic mass is 10.0. The van der Waals surface area contributed by atoms with Gasteiger partial charge in [0.05, 0.1) is 12.7 Å². The Hall–Kier alpha value is -4.12. The molecule has 0 radical (unpaired) electrons. The number of hydrogen-bond donors (Lipinski definition) is 1. The number of anilines is 1. The van der Waals surface area contributed by atoms with E-state index in [2.05, 4.69) is 10.3 Å². The van der Waals surface area contributed by atoms with Crippen LogP contribution >= 0.6 is 0 Å². The Balaban J connectivity index is 1.44. The van der Waals surface area contributed by atoms with E-state index in [-0.39, 0.29) is 5.91 Å². The largest absolute Gasteiger partial charge is 0.496 e. The summed E-state index contributed by atoms with van der Waals surface area (Å²) in [4.78, 5) is 17.7. The zero-order valence-electron chi connectivity index (χ0n) is 18.1. The summed E-state index contributed by atoms with van der Waals surface area (Å²) in [5.41, 5.74) is 5.70. The molecule has 0 saturated heterocycles. The van der Waals surface area contributed by atoms with Crippen LogP contribution in [0, 0.1) is 13.8 Å². The number of nitrogens with zero attached hydrogens (tertiary/aromatic N) is 1. The molecule has 0 aliphatic heterocycles. The monoisotopic (exact) mass is 422 g/mol. The molecule has 0 spiro atoms. The van der Waals surface area contributed by atoms with Crippen molar-refractivity contribution in [1.82, 2.24) is 4.98 Å². The molecule has 0 aliphatic carbocycles. The van der Waals surface area contributed by atoms with Gasteiger partial charge < -0.3 is 14.5 Å². The highest BCUT2D eigenvalue weighted by atomic mass is 16.5. The van der Waals surface area contributed by atoms with E-state index in [9.17, 15) is 4.79 Å². The van der Waals surface area contributed by atoms with Crippen LogP contribution in [-0.4, -0.2) is 18.0 Å². The van der Waals surface area contributed by atoms with E-state index < -0.39 is 0 Å². The molecule has 0 unspecified atom stereocenters. The van der Waals surface area contributed by atoms with E-state index in [0.29, 0.717) is 17.2 Å². The summed E-state index contributed by atoms with van der Waals surface area (Å²) in [5.74, 6) is 0.876. The molecule has 1 N–H and O–H groups in total. The van der Waals surface area contributed by atoms with Crippen LogP contribution < -0.4 is 10.1 Å². The molecule has 0 saturated carbocycles. The van der Waals surface area contributed by atoms with E-state index in [1.54, 1.807) is 7.11 Å². The Morgan fingerprint density at radius 2 is 1.72 bits per heavy atom. The zero-order chi connectivity index (χ0) is 22.2. The number of ether oxygens (including phenoxy) is 1. The Morgan fingerprint density at radius 3 is 2.47 bits per heavy atom. The van der Waals surface area contributed by atoms with Crippen LogP contribution in [-0.2, 0) is 0 Å². The number of oxazole rings is 1. The second kappa shape index (κ2) is 7.85. The highest BCUT2D eigenvalue weighted by Gasteiger charge is 2.16. The van der Waals surface area contributed by atoms with Gasteiger partial charge in [0.15, 0.2) is 5.58 Å². The van der Waals surface area contributed by atoms with Crippen molar-refractivity contribution in [2.45, 2.75) is 13.8 Å². The maximum absolute atomic E-state index is 13.1. The van der Waals surface area contributed by atoms with Crippen molar-refractivity contribution in [2.24, 2.45) is 0 Å². The first-order valence-electron chi connectivity index (χ1n) is 10.4. The van der Waals surface area contributed by atoms with E-state index in [4.69, 9.17) is 9.15 Å². The van der Waals surface area contributed by atoms with Gasteiger partial charge in [-0.05, 0) is 78.2 Å². The molecule has 5 aromatic rings. The average Bonchev–Trinajstić information content (AvgIpc) is 3.22. The van der Waals surface area contributed by atoms with Gasteiger partial charge in [-0.15, -0.1) is 0 Å². The first kappa shape index (κ1) is 19.8. The standard InChI is InChI=1S/C27H22N2O3/c1-16-8-11-24-23(12-16)29-27(32-24)20-9-10-22(17(2)13-20)28-26(30)21-14-18-6-4-5-7-19(18)15-25(21)31-3/h4-15H,1-3H3,(H,28,30). The number of rotatable bonds is 4. The SMILES string of the molecule is COc1cc2ccccc2cc1C(=O)Nc1ccc(-c2nc3cc(C)ccc3o2)cc1C. The molecule has 5 rings (SSSR count). The summed E-state index contributed by atoms with van der Waals surface area (Å²) in [6.45, 7) is 3.98. The molecule has 5 heteroatoms. The topological polar surface area (TPSA) is 64.4 Å². The van der Waals surface area contributed by atoms with Crippen molar-refractivity contribution < 1.29 is 13.9 Å². The number of benzene rings is 4. The fraction of sp³-hybridized carbons (Fsp3) is 0.111. The number of aryl methyl sites for hydroxylation is 2. The van der Waals surface area contributed by atoms with Crippen molar-refractivity contribution in [1.29, 1.82) is 0 Å². The van der Waals surface area contributed by atoms with Gasteiger partial charge >= 0.3 is 0 Å². The Bertz CT molecular complexity index is 1480. The van der Waals surface area contributed by atoms with E-state index in [1.165, 1.54) is 0 Å². The smallest absolute Gasteiger partial charge is 0.259 e. The minimum absolute atomic E-state index is 0.221. The summed E-state index contributed by atoms with van der Waals surface area (Å²) < 4.78 is 11.4. The van der Waals surface area contributed by atoms with Gasteiger partial charge in [-0.2, -0.15) is 0 Å². The van der Waals surface area contributed by atoms with Crippen molar-refractivity contribution in [3.63, 3.8) is 0 Å². The number of hydrogen-bond acceptors (Lipinski definition) is 4. The molecule has 32 heavy (non-hydrogen) atoms. The number of carbonyl (C=O) groups is 1. The van der Waals surface area contributed by atoms with Gasteiger partial charge in [-0.1, -0.05) is 30.3 Å². The van der Waals surface area contributed by atoms with Crippen molar-refractivity contribution >= 4 is 33.5 Å². The van der Waals surface area contributed by atoms with E-state index >= 15 is 0 Å². The lowest BCUT2D eigenvalue weighted by Crippen LogP contribution is -2.14. The molecule has 0 aliphatic rings. The first-order chi connectivity index (χ1) is 15.5. The van der Waals surface area contributed by atoms with Crippen LogP contribution in [0.4, 0.5) is 5.69 Å². The normalized spacial score (nSPS) is 11.1. The second-order valence-corrected chi connectivity index (χ2v) is 7.87. The number of carbonyl (C=O) groups excluding carboxylic acids is 1. The molecular formula is C27H22N2O3. The molecule has 1 heterocycles. The third kappa shape index (κ3) is 3.58. The van der Waals surface area contributed by atoms with Gasteiger partial charge in [0, 0.05) is 11.3 Å². The molecule has 158 valence electrons. The van der Waals surface area contributed by atoms with Crippen LogP contribution in [0.2, 0.25) is 0 Å². The zero-order valence-corrected chi connectivity index (χ0v) is 18.1. The Morgan fingerprint density at radius 1 is 0.938 bits per heavy atom. The minimum atomic E-state index is -0.221. The van der Waals surface area contributed by atoms with Gasteiger partial charge in [-0.25, -0.2) is 4.98 Å². The van der Waals surface area contributed by atoms with Crippen molar-refractivity contribution in [2.75, 3.05) is 12.4 Å². The van der Waals surface area contributed by atoms with Gasteiger partial charge in [0.25, 0.3) is 5.91 Å². The first-order valence-corrected chi connectivity index (χ1v) is 10.4. The van der Waals surface area contributed by atoms with Crippen LogP contribution in [0.3, 0.4) is 0 Å². The fourth-order valence-electron chi connectivity index (χ4n) is 3.85. The lowest BCUT2D eigenvalue weighted by molar-refractivity contribution is 0.102. The van der Waals surface area contributed by atoms with Crippen molar-refractivity contribution in [3.8, 4) is 17.2 Å². The molecule has 0 atom stereocenters. The Labute approximate surface area is 185 Å². The molecular weight excluding hydrogens is 400 g/mol. The summed E-state index contributed by atoms with van der Waals surface area (Å²) in [6, 6.07) is 23.3. The summed E-state index contributed by atoms with van der Waals surface area (Å²) in [7, 11) is 1.57. The molecule has 1 aromatic heterocycles. The summed E-state index contributed by atoms with van der Waals surface area (Å²) in [5, 5.41) is 5.01. The third-order valence-corrected chi connectivity index (χ3v) is 5.58. The molecule has 4 aromatic carbocycles. The van der Waals surface area contributed by atoms with Crippen LogP contribution in [0.15, 0.2) is 77.2 Å². The van der Waals surface area contributed by atoms with E-state index in [1.807, 2.05) is 86.6 Å². The number of amides is 1. The molecule has 5 nitrogen and oxygen atoms in total. The van der Waals surface area contributed by atoms with Crippen LogP contribution in [0.25, 0.3) is 33.3 Å². The van der Waals surface area contributed by atoms with Crippen molar-refractivity contribution in [3.05, 3.63) is 89.5 Å².